The second kappa shape index (κ2) is 10.8. The third-order valence-electron chi connectivity index (χ3n) is 5.55. The molecule has 0 radical (unpaired) electrons. The van der Waals surface area contributed by atoms with Crippen molar-refractivity contribution in [3.63, 3.8) is 0 Å². The Morgan fingerprint density at radius 1 is 1.06 bits per heavy atom. The quantitative estimate of drug-likeness (QED) is 0.347. The lowest BCUT2D eigenvalue weighted by atomic mass is 10.0. The van der Waals surface area contributed by atoms with Crippen LogP contribution in [0.5, 0.6) is 0 Å². The average molecular weight is 435 g/mol. The van der Waals surface area contributed by atoms with Gasteiger partial charge < -0.3 is 9.30 Å². The monoisotopic (exact) mass is 434 g/mol. The molecule has 0 aliphatic rings. The van der Waals surface area contributed by atoms with Crippen LogP contribution in [0.4, 0.5) is 0 Å². The van der Waals surface area contributed by atoms with E-state index in [1.165, 1.54) is 0 Å². The highest BCUT2D eigenvalue weighted by Crippen LogP contribution is 2.13. The van der Waals surface area contributed by atoms with E-state index < -0.39 is 12.1 Å². The van der Waals surface area contributed by atoms with E-state index in [0.717, 1.165) is 35.9 Å². The number of nitrogens with zero attached hydrogens (tertiary/aromatic N) is 2. The van der Waals surface area contributed by atoms with Gasteiger partial charge in [-0.3, -0.25) is 14.4 Å². The molecule has 0 saturated carbocycles. The van der Waals surface area contributed by atoms with Crippen molar-refractivity contribution in [3.05, 3.63) is 75.7 Å². The van der Waals surface area contributed by atoms with E-state index in [1.807, 2.05) is 43.3 Å². The topological polar surface area (TPSA) is 78.3 Å². The molecular formula is C26H30N2O4. The number of esters is 1. The van der Waals surface area contributed by atoms with E-state index in [4.69, 9.17) is 4.74 Å². The van der Waals surface area contributed by atoms with E-state index in [0.29, 0.717) is 17.8 Å². The van der Waals surface area contributed by atoms with Gasteiger partial charge in [-0.1, -0.05) is 56.7 Å². The van der Waals surface area contributed by atoms with Crippen molar-refractivity contribution in [2.75, 3.05) is 0 Å². The standard InChI is InChI=1S/C26H30N2O4/c1-4-6-17-28-23-10-8-7-9-21(23)27-22(26(28)31)15-16-24(29)32-18(3)25(30)20-13-11-19(5-2)12-14-20/h7-14,18H,4-6,15-17H2,1-3H3. The molecule has 0 fully saturated rings. The maximum Gasteiger partial charge on any atom is 0.306 e. The van der Waals surface area contributed by atoms with Gasteiger partial charge in [0.1, 0.15) is 5.69 Å². The van der Waals surface area contributed by atoms with Crippen LogP contribution in [0.1, 0.15) is 61.6 Å². The highest BCUT2D eigenvalue weighted by atomic mass is 16.5. The van der Waals surface area contributed by atoms with Crippen LogP contribution in [0, 0.1) is 0 Å². The number of ether oxygens (including phenoxy) is 1. The summed E-state index contributed by atoms with van der Waals surface area (Å²) in [5.74, 6) is -0.766. The zero-order chi connectivity index (χ0) is 23.1. The lowest BCUT2D eigenvalue weighted by Gasteiger charge is -2.14. The highest BCUT2D eigenvalue weighted by molar-refractivity contribution is 6.00. The number of unbranched alkanes of at least 4 members (excludes halogenated alkanes) is 1. The van der Waals surface area contributed by atoms with Crippen molar-refractivity contribution in [1.29, 1.82) is 0 Å². The second-order valence-electron chi connectivity index (χ2n) is 7.90. The molecule has 1 heterocycles. The van der Waals surface area contributed by atoms with Gasteiger partial charge in [-0.15, -0.1) is 0 Å². The number of hydrogen-bond acceptors (Lipinski definition) is 5. The number of aromatic nitrogens is 2. The van der Waals surface area contributed by atoms with E-state index in [-0.39, 0.29) is 24.2 Å². The number of carbonyl (C=O) groups is 2. The smallest absolute Gasteiger partial charge is 0.306 e. The summed E-state index contributed by atoms with van der Waals surface area (Å²) < 4.78 is 7.08. The summed E-state index contributed by atoms with van der Waals surface area (Å²) >= 11 is 0. The SMILES string of the molecule is CCCCn1c(=O)c(CCC(=O)OC(C)C(=O)c2ccc(CC)cc2)nc2ccccc21. The first-order valence-corrected chi connectivity index (χ1v) is 11.3. The number of carbonyl (C=O) groups excluding carboxylic acids is 2. The zero-order valence-electron chi connectivity index (χ0n) is 19.0. The van der Waals surface area contributed by atoms with Crippen LogP contribution >= 0.6 is 0 Å². The fourth-order valence-electron chi connectivity index (χ4n) is 3.62. The largest absolute Gasteiger partial charge is 0.454 e. The minimum Gasteiger partial charge on any atom is -0.454 e. The molecular weight excluding hydrogens is 404 g/mol. The zero-order valence-corrected chi connectivity index (χ0v) is 19.0. The Morgan fingerprint density at radius 2 is 1.78 bits per heavy atom. The first-order valence-electron chi connectivity index (χ1n) is 11.3. The fourth-order valence-corrected chi connectivity index (χ4v) is 3.62. The second-order valence-corrected chi connectivity index (χ2v) is 7.90. The van der Waals surface area contributed by atoms with Gasteiger partial charge in [0.25, 0.3) is 5.56 Å². The molecule has 6 nitrogen and oxygen atoms in total. The predicted molar refractivity (Wildman–Crippen MR) is 125 cm³/mol. The third kappa shape index (κ3) is 5.49. The van der Waals surface area contributed by atoms with Crippen molar-refractivity contribution in [1.82, 2.24) is 9.55 Å². The number of benzene rings is 2. The average Bonchev–Trinajstić information content (AvgIpc) is 2.81. The molecule has 1 unspecified atom stereocenters. The Hall–Kier alpha value is -3.28. The number of Topliss-reactive ketones (excluding diaryl/α,β-unsaturated/α-hetero) is 1. The van der Waals surface area contributed by atoms with E-state index >= 15 is 0 Å². The number of para-hydroxylation sites is 2. The molecule has 32 heavy (non-hydrogen) atoms. The number of rotatable bonds is 10. The highest BCUT2D eigenvalue weighted by Gasteiger charge is 2.20. The number of aryl methyl sites for hydroxylation is 3. The summed E-state index contributed by atoms with van der Waals surface area (Å²) in [6, 6.07) is 14.8. The Bertz CT molecular complexity index is 1150. The molecule has 3 rings (SSSR count). The van der Waals surface area contributed by atoms with Crippen LogP contribution in [0.2, 0.25) is 0 Å². The van der Waals surface area contributed by atoms with Crippen LogP contribution < -0.4 is 5.56 Å². The lowest BCUT2D eigenvalue weighted by Crippen LogP contribution is -2.28. The molecule has 168 valence electrons. The molecule has 0 amide bonds. The van der Waals surface area contributed by atoms with Gasteiger partial charge in [-0.2, -0.15) is 0 Å². The minimum atomic E-state index is -0.888. The van der Waals surface area contributed by atoms with Crippen LogP contribution in [0.25, 0.3) is 11.0 Å². The van der Waals surface area contributed by atoms with Crippen molar-refractivity contribution >= 4 is 22.8 Å². The molecule has 0 aliphatic carbocycles. The summed E-state index contributed by atoms with van der Waals surface area (Å²) in [6.07, 6.45) is 2.01. The molecule has 3 aromatic rings. The van der Waals surface area contributed by atoms with Crippen LogP contribution in [0.3, 0.4) is 0 Å². The Morgan fingerprint density at radius 3 is 2.47 bits per heavy atom. The van der Waals surface area contributed by atoms with E-state index in [9.17, 15) is 14.4 Å². The van der Waals surface area contributed by atoms with E-state index in [2.05, 4.69) is 11.9 Å². The van der Waals surface area contributed by atoms with Gasteiger partial charge >= 0.3 is 5.97 Å². The molecule has 0 aliphatic heterocycles. The van der Waals surface area contributed by atoms with Gasteiger partial charge in [0.15, 0.2) is 6.10 Å². The van der Waals surface area contributed by atoms with Crippen LogP contribution in [-0.4, -0.2) is 27.4 Å². The molecule has 6 heteroatoms. The number of fused-ring (bicyclic) bond motifs is 1. The Kier molecular flexibility index (Phi) is 7.92. The third-order valence-corrected chi connectivity index (χ3v) is 5.55. The van der Waals surface area contributed by atoms with Crippen molar-refractivity contribution in [2.24, 2.45) is 0 Å². The van der Waals surface area contributed by atoms with E-state index in [1.54, 1.807) is 23.6 Å². The summed E-state index contributed by atoms with van der Waals surface area (Å²) in [4.78, 5) is 42.4. The van der Waals surface area contributed by atoms with Crippen molar-refractivity contribution in [3.8, 4) is 0 Å². The van der Waals surface area contributed by atoms with Gasteiger partial charge in [-0.25, -0.2) is 4.98 Å². The minimum absolute atomic E-state index is 0.0131. The Balaban J connectivity index is 1.68. The summed E-state index contributed by atoms with van der Waals surface area (Å²) in [7, 11) is 0. The van der Waals surface area contributed by atoms with Crippen LogP contribution in [0.15, 0.2) is 53.3 Å². The molecule has 1 aromatic heterocycles. The molecule has 2 aromatic carbocycles. The molecule has 0 bridgehead atoms. The summed E-state index contributed by atoms with van der Waals surface area (Å²) in [5, 5.41) is 0. The van der Waals surface area contributed by atoms with Gasteiger partial charge in [0.05, 0.1) is 17.5 Å². The normalized spacial score (nSPS) is 12.0. The van der Waals surface area contributed by atoms with Crippen molar-refractivity contribution < 1.29 is 14.3 Å². The van der Waals surface area contributed by atoms with Crippen LogP contribution in [-0.2, 0) is 28.9 Å². The number of hydrogen-bond donors (Lipinski definition) is 0. The molecule has 0 N–H and O–H groups in total. The number of ketones is 1. The first kappa shape index (κ1) is 23.4. The van der Waals surface area contributed by atoms with Gasteiger partial charge in [0, 0.05) is 18.5 Å². The summed E-state index contributed by atoms with van der Waals surface area (Å²) in [5.41, 5.74) is 3.34. The molecule has 0 saturated heterocycles. The molecule has 1 atom stereocenters. The van der Waals surface area contributed by atoms with Gasteiger partial charge in [0.2, 0.25) is 5.78 Å². The maximum absolute atomic E-state index is 13.0. The lowest BCUT2D eigenvalue weighted by molar-refractivity contribution is -0.146. The Labute approximate surface area is 188 Å². The first-order chi connectivity index (χ1) is 15.4. The predicted octanol–water partition coefficient (Wildman–Crippen LogP) is 4.51. The van der Waals surface area contributed by atoms with Crippen molar-refractivity contribution in [2.45, 2.75) is 65.5 Å². The molecule has 0 spiro atoms. The maximum atomic E-state index is 13.0. The van der Waals surface area contributed by atoms with Gasteiger partial charge in [-0.05, 0) is 37.5 Å². The summed E-state index contributed by atoms with van der Waals surface area (Å²) in [6.45, 7) is 6.30. The fraction of sp³-hybridized carbons (Fsp3) is 0.385.